The number of nitrogens with one attached hydrogen (secondary N) is 4. The van der Waals surface area contributed by atoms with E-state index < -0.39 is 12.4 Å². The minimum atomic E-state index is -4.79. The summed E-state index contributed by atoms with van der Waals surface area (Å²) in [4.78, 5) is 21.4. The molecule has 12 heteroatoms. The number of aryl methyl sites for hydroxylation is 2. The third kappa shape index (κ3) is 6.43. The maximum absolute atomic E-state index is 12.7. The molecule has 0 saturated carbocycles. The molecule has 1 aromatic heterocycles. The van der Waals surface area contributed by atoms with E-state index in [0.29, 0.717) is 46.7 Å². The topological polar surface area (TPSA) is 100 Å². The molecule has 0 spiro atoms. The number of rotatable bonds is 3. The van der Waals surface area contributed by atoms with E-state index in [0.717, 1.165) is 28.9 Å². The molecule has 8 nitrogen and oxygen atoms in total. The van der Waals surface area contributed by atoms with E-state index in [-0.39, 0.29) is 5.75 Å². The van der Waals surface area contributed by atoms with Gasteiger partial charge in [0.1, 0.15) is 10.8 Å². The lowest BCUT2D eigenvalue weighted by molar-refractivity contribution is -0.274. The van der Waals surface area contributed by atoms with Gasteiger partial charge in [-0.1, -0.05) is 23.7 Å². The predicted molar refractivity (Wildman–Crippen MR) is 140 cm³/mol. The average molecular weight is 541 g/mol. The first-order valence-electron chi connectivity index (χ1n) is 11.4. The van der Waals surface area contributed by atoms with Crippen molar-refractivity contribution in [2.45, 2.75) is 19.2 Å². The summed E-state index contributed by atoms with van der Waals surface area (Å²) in [7, 11) is 0. The third-order valence-electron chi connectivity index (χ3n) is 5.57. The van der Waals surface area contributed by atoms with Crippen LogP contribution in [0.3, 0.4) is 0 Å². The highest BCUT2D eigenvalue weighted by Crippen LogP contribution is 2.30. The molecular weight excluding hydrogens is 521 g/mol. The monoisotopic (exact) mass is 540 g/mol. The molecule has 0 atom stereocenters. The van der Waals surface area contributed by atoms with Crippen molar-refractivity contribution in [2.75, 3.05) is 21.3 Å². The molecule has 1 aliphatic heterocycles. The van der Waals surface area contributed by atoms with Crippen LogP contribution in [0, 0.1) is 0 Å². The van der Waals surface area contributed by atoms with Crippen LogP contribution in [0.2, 0.25) is 5.02 Å². The summed E-state index contributed by atoms with van der Waals surface area (Å²) in [6, 6.07) is 17.6. The molecule has 0 saturated heterocycles. The molecule has 0 unspecified atom stereocenters. The Morgan fingerprint density at radius 2 is 1.74 bits per heavy atom. The van der Waals surface area contributed by atoms with Gasteiger partial charge in [0.15, 0.2) is 5.82 Å². The number of amides is 2. The van der Waals surface area contributed by atoms with E-state index in [1.165, 1.54) is 18.3 Å². The molecule has 2 amide bonds. The maximum atomic E-state index is 12.7. The van der Waals surface area contributed by atoms with Crippen LogP contribution < -0.4 is 26.0 Å². The summed E-state index contributed by atoms with van der Waals surface area (Å²) in [6.07, 6.45) is -1.99. The second kappa shape index (κ2) is 10.5. The number of hydrogen-bond acceptors (Lipinski definition) is 6. The van der Waals surface area contributed by atoms with Crippen molar-refractivity contribution < 1.29 is 22.7 Å². The maximum Gasteiger partial charge on any atom is 0.573 e. The van der Waals surface area contributed by atoms with Gasteiger partial charge in [0.05, 0.1) is 6.20 Å². The Morgan fingerprint density at radius 3 is 2.53 bits per heavy atom. The van der Waals surface area contributed by atoms with Gasteiger partial charge >= 0.3 is 12.4 Å². The first-order chi connectivity index (χ1) is 18.2. The average Bonchev–Trinajstić information content (AvgIpc) is 2.86. The second-order valence-electron chi connectivity index (χ2n) is 8.36. The molecule has 0 fully saturated rings. The molecule has 6 bridgehead atoms. The molecule has 0 aliphatic carbocycles. The molecule has 3 aromatic carbocycles. The Morgan fingerprint density at radius 1 is 0.947 bits per heavy atom. The Bertz CT molecular complexity index is 1480. The highest BCUT2D eigenvalue weighted by atomic mass is 35.5. The number of carbonyl (C=O) groups is 1. The van der Waals surface area contributed by atoms with E-state index in [4.69, 9.17) is 11.6 Å². The smallest absolute Gasteiger partial charge is 0.406 e. The number of fused-ring (bicyclic) bond motifs is 6. The number of halogens is 4. The molecule has 5 rings (SSSR count). The number of aromatic nitrogens is 2. The lowest BCUT2D eigenvalue weighted by Crippen LogP contribution is -2.20. The molecule has 38 heavy (non-hydrogen) atoms. The predicted octanol–water partition coefficient (Wildman–Crippen LogP) is 7.26. The van der Waals surface area contributed by atoms with Gasteiger partial charge < -0.3 is 26.0 Å². The molecule has 194 valence electrons. The van der Waals surface area contributed by atoms with Crippen LogP contribution in [0.5, 0.6) is 5.75 Å². The van der Waals surface area contributed by atoms with E-state index in [1.807, 2.05) is 30.3 Å². The van der Waals surface area contributed by atoms with Crippen molar-refractivity contribution in [3.8, 4) is 5.75 Å². The van der Waals surface area contributed by atoms with Crippen molar-refractivity contribution in [1.82, 2.24) is 9.97 Å². The van der Waals surface area contributed by atoms with Gasteiger partial charge in [-0.15, -0.1) is 13.2 Å². The van der Waals surface area contributed by atoms with Crippen molar-refractivity contribution in [3.05, 3.63) is 89.1 Å². The molecule has 4 aromatic rings. The Labute approximate surface area is 220 Å². The van der Waals surface area contributed by atoms with Gasteiger partial charge in [-0.3, -0.25) is 0 Å². The van der Waals surface area contributed by atoms with Gasteiger partial charge in [-0.05, 0) is 78.6 Å². The van der Waals surface area contributed by atoms with Crippen LogP contribution in [-0.2, 0) is 12.8 Å². The summed E-state index contributed by atoms with van der Waals surface area (Å²) < 4.78 is 41.0. The molecule has 2 heterocycles. The first kappa shape index (κ1) is 25.2. The van der Waals surface area contributed by atoms with Gasteiger partial charge in [0.2, 0.25) is 5.95 Å². The van der Waals surface area contributed by atoms with Crippen LogP contribution in [-0.4, -0.2) is 22.4 Å². The summed E-state index contributed by atoms with van der Waals surface area (Å²) in [5, 5.41) is 12.2. The van der Waals surface area contributed by atoms with Gasteiger partial charge in [0, 0.05) is 22.7 Å². The highest BCUT2D eigenvalue weighted by Gasteiger charge is 2.31. The zero-order chi connectivity index (χ0) is 26.7. The number of urea groups is 1. The minimum absolute atomic E-state index is 0.300. The van der Waals surface area contributed by atoms with E-state index in [2.05, 4.69) is 36.0 Å². The lowest BCUT2D eigenvalue weighted by Gasteiger charge is -2.15. The van der Waals surface area contributed by atoms with Gasteiger partial charge in [-0.2, -0.15) is 4.98 Å². The SMILES string of the molecule is O=C(Nc1ccc(OC(F)(F)F)cc1)Nc1ccc2cc1CCc1cccc(c1)Nc1ncc(Cl)c(n1)N2. The van der Waals surface area contributed by atoms with Crippen molar-refractivity contribution >= 4 is 52.1 Å². The van der Waals surface area contributed by atoms with Crippen LogP contribution in [0.15, 0.2) is 72.9 Å². The number of ether oxygens (including phenoxy) is 1. The number of anilines is 6. The van der Waals surface area contributed by atoms with E-state index in [1.54, 1.807) is 12.1 Å². The standard InChI is InChI=1S/C26H20ClF3N6O2/c27-21-14-31-24-33-18-3-1-2-15(12-18)4-5-16-13-19(32-23(21)36-24)8-11-22(16)35-25(37)34-17-6-9-20(10-7-17)38-26(28,29)30/h1-3,6-14H,4-5H2,(H2,34,35,37)(H2,31,32,33,36). The molecular formula is C26H20ClF3N6O2. The van der Waals surface area contributed by atoms with Crippen molar-refractivity contribution in [1.29, 1.82) is 0 Å². The first-order valence-corrected chi connectivity index (χ1v) is 11.8. The number of alkyl halides is 3. The zero-order valence-corrected chi connectivity index (χ0v) is 20.3. The van der Waals surface area contributed by atoms with Crippen LogP contribution in [0.1, 0.15) is 11.1 Å². The fourth-order valence-corrected chi connectivity index (χ4v) is 4.03. The highest BCUT2D eigenvalue weighted by molar-refractivity contribution is 6.32. The van der Waals surface area contributed by atoms with Gasteiger partial charge in [-0.25, -0.2) is 9.78 Å². The minimum Gasteiger partial charge on any atom is -0.406 e. The fourth-order valence-electron chi connectivity index (χ4n) is 3.89. The summed E-state index contributed by atoms with van der Waals surface area (Å²) in [5.74, 6) is 0.427. The Hall–Kier alpha value is -4.51. The largest absolute Gasteiger partial charge is 0.573 e. The third-order valence-corrected chi connectivity index (χ3v) is 5.85. The number of hydrogen-bond donors (Lipinski definition) is 4. The fraction of sp³-hybridized carbons (Fsp3) is 0.115. The lowest BCUT2D eigenvalue weighted by atomic mass is 10.0. The second-order valence-corrected chi connectivity index (χ2v) is 8.77. The van der Waals surface area contributed by atoms with Crippen LogP contribution in [0.4, 0.5) is 52.5 Å². The number of nitrogens with zero attached hydrogens (tertiary/aromatic N) is 2. The molecule has 1 aliphatic rings. The van der Waals surface area contributed by atoms with Crippen molar-refractivity contribution in [2.24, 2.45) is 0 Å². The Kier molecular flexibility index (Phi) is 6.93. The number of benzene rings is 3. The van der Waals surface area contributed by atoms with Crippen LogP contribution >= 0.6 is 11.6 Å². The quantitative estimate of drug-likeness (QED) is 0.218. The van der Waals surface area contributed by atoms with Gasteiger partial charge in [0.25, 0.3) is 0 Å². The summed E-state index contributed by atoms with van der Waals surface area (Å²) in [5.41, 5.74) is 4.33. The molecule has 0 radical (unpaired) electrons. The summed E-state index contributed by atoms with van der Waals surface area (Å²) >= 11 is 6.31. The zero-order valence-electron chi connectivity index (χ0n) is 19.6. The normalized spacial score (nSPS) is 12.5. The molecule has 4 N–H and O–H groups in total. The van der Waals surface area contributed by atoms with Crippen LogP contribution in [0.25, 0.3) is 0 Å². The van der Waals surface area contributed by atoms with E-state index >= 15 is 0 Å². The number of carbonyl (C=O) groups excluding carboxylic acids is 1. The summed E-state index contributed by atoms with van der Waals surface area (Å²) in [6.45, 7) is 0. The Balaban J connectivity index is 1.37. The van der Waals surface area contributed by atoms with E-state index in [9.17, 15) is 18.0 Å². The van der Waals surface area contributed by atoms with Crippen molar-refractivity contribution in [3.63, 3.8) is 0 Å².